The van der Waals surface area contributed by atoms with Crippen LogP contribution in [-0.4, -0.2) is 34.9 Å². The molecule has 2 radical (unpaired) electrons. The summed E-state index contributed by atoms with van der Waals surface area (Å²) in [4.78, 5) is 0. The zero-order chi connectivity index (χ0) is 0. The molecule has 0 aromatic carbocycles. The topological polar surface area (TPSA) is 63.0 Å². The first-order valence-corrected chi connectivity index (χ1v) is 0. The van der Waals surface area contributed by atoms with Gasteiger partial charge in [0.05, 0.1) is 0 Å². The van der Waals surface area contributed by atoms with Crippen molar-refractivity contribution in [3.05, 3.63) is 0 Å². The van der Waals surface area contributed by atoms with E-state index in [9.17, 15) is 0 Å². The Hall–Kier alpha value is 2.65. The number of hydrogen-bond acceptors (Lipinski definition) is 0. The zero-order valence-corrected chi connectivity index (χ0v) is 11.1. The molecule has 5 heteroatoms. The van der Waals surface area contributed by atoms with Gasteiger partial charge in [-0.1, -0.05) is 0 Å². The fourth-order valence-electron chi connectivity index (χ4n) is 0. The zero-order valence-electron chi connectivity index (χ0n) is 4.12. The van der Waals surface area contributed by atoms with Crippen molar-refractivity contribution in [2.24, 2.45) is 0 Å². The van der Waals surface area contributed by atoms with E-state index in [4.69, 9.17) is 0 Å². The number of rotatable bonds is 0. The molecule has 2 nitrogen and oxygen atoms in total. The van der Waals surface area contributed by atoms with E-state index in [1.807, 2.05) is 0 Å². The molecule has 0 saturated carbocycles. The van der Waals surface area contributed by atoms with E-state index in [0.717, 1.165) is 0 Å². The Balaban J connectivity index is 0. The van der Waals surface area contributed by atoms with E-state index >= 15 is 0 Å². The summed E-state index contributed by atoms with van der Waals surface area (Å²) in [6, 6.07) is 0. The molecule has 0 aliphatic heterocycles. The van der Waals surface area contributed by atoms with E-state index < -0.39 is 0 Å². The Kier molecular flexibility index (Phi) is 292. The first kappa shape index (κ1) is 48.3. The molecule has 0 saturated heterocycles. The molecular formula is H8ClKO2Sn. The van der Waals surface area contributed by atoms with E-state index in [1.165, 1.54) is 0 Å². The summed E-state index contributed by atoms with van der Waals surface area (Å²) in [6.45, 7) is 0. The number of halogens is 1. The van der Waals surface area contributed by atoms with Gasteiger partial charge in [0.15, 0.2) is 0 Å². The molecule has 0 fully saturated rings. The second kappa shape index (κ2) is 30.3. The van der Waals surface area contributed by atoms with Crippen molar-refractivity contribution in [3.8, 4) is 0 Å². The quantitative estimate of drug-likeness (QED) is 0.376. The van der Waals surface area contributed by atoms with Gasteiger partial charge in [-0.2, -0.15) is 0 Å². The Morgan fingerprint density at radius 1 is 1.00 bits per heavy atom. The minimum atomic E-state index is 0. The van der Waals surface area contributed by atoms with E-state index in [1.54, 1.807) is 0 Å². The average Bonchev–Trinajstić information content (AvgIpc) is 0. The van der Waals surface area contributed by atoms with Crippen LogP contribution in [0.1, 0.15) is 1.43 Å². The van der Waals surface area contributed by atoms with Gasteiger partial charge in [0.1, 0.15) is 0 Å². The van der Waals surface area contributed by atoms with Gasteiger partial charge >= 0.3 is 75.3 Å². The van der Waals surface area contributed by atoms with Gasteiger partial charge in [0.25, 0.3) is 0 Å². The monoisotopic (exact) mass is 234 g/mol. The van der Waals surface area contributed by atoms with E-state index in [0.29, 0.717) is 0 Å². The van der Waals surface area contributed by atoms with Gasteiger partial charge in [0.2, 0.25) is 0 Å². The maximum atomic E-state index is 0. The fourth-order valence-corrected chi connectivity index (χ4v) is 0. The van der Waals surface area contributed by atoms with Crippen LogP contribution in [0.5, 0.6) is 0 Å². The summed E-state index contributed by atoms with van der Waals surface area (Å²) in [5, 5.41) is 0. The summed E-state index contributed by atoms with van der Waals surface area (Å²) >= 11 is 0. The molecule has 4 N–H and O–H groups in total. The molecule has 0 aliphatic carbocycles. The molecule has 32 valence electrons. The minimum absolute atomic E-state index is 0. The third-order valence-electron chi connectivity index (χ3n) is 0. The molecule has 0 amide bonds. The first-order valence-electron chi connectivity index (χ1n) is 0. The van der Waals surface area contributed by atoms with Crippen LogP contribution >= 0.6 is 12.4 Å². The van der Waals surface area contributed by atoms with Crippen molar-refractivity contribution in [1.29, 1.82) is 0 Å². The Bertz CT molecular complexity index is 13.5. The summed E-state index contributed by atoms with van der Waals surface area (Å²) in [5.74, 6) is 0. The van der Waals surface area contributed by atoms with Crippen molar-refractivity contribution in [3.63, 3.8) is 0 Å². The van der Waals surface area contributed by atoms with E-state index in [-0.39, 0.29) is 100 Å². The number of hydrogen-bond donors (Lipinski definition) is 0. The predicted molar refractivity (Wildman–Crippen MR) is 24.1 cm³/mol. The van der Waals surface area contributed by atoms with Crippen LogP contribution in [0.3, 0.4) is 0 Å². The molecule has 0 aromatic heterocycles. The molecule has 0 unspecified atom stereocenters. The summed E-state index contributed by atoms with van der Waals surface area (Å²) in [6.07, 6.45) is 0. The molecule has 5 heavy (non-hydrogen) atoms. The van der Waals surface area contributed by atoms with E-state index in [2.05, 4.69) is 0 Å². The van der Waals surface area contributed by atoms with Crippen molar-refractivity contribution in [1.82, 2.24) is 0 Å². The molecule has 0 aromatic rings. The Morgan fingerprint density at radius 2 is 1.00 bits per heavy atom. The molecular weight excluding hydrogens is 225 g/mol. The van der Waals surface area contributed by atoms with Crippen LogP contribution in [0.4, 0.5) is 0 Å². The second-order valence-corrected chi connectivity index (χ2v) is 0. The van der Waals surface area contributed by atoms with Gasteiger partial charge in [-0.25, -0.2) is 0 Å². The average molecular weight is 233 g/mol. The first-order chi connectivity index (χ1) is 0. The third kappa shape index (κ3) is 20.5. The SMILES string of the molecule is Cl.O.O.[H-].[K+].[SnH2]. The van der Waals surface area contributed by atoms with Gasteiger partial charge in [-0.15, -0.1) is 12.4 Å². The van der Waals surface area contributed by atoms with Crippen molar-refractivity contribution in [2.75, 3.05) is 0 Å². The molecule has 0 aliphatic rings. The van der Waals surface area contributed by atoms with Crippen LogP contribution < -0.4 is 51.4 Å². The molecule has 0 atom stereocenters. The fraction of sp³-hybridized carbons (Fsp3) is 0. The van der Waals surface area contributed by atoms with Gasteiger partial charge in [-0.05, 0) is 0 Å². The van der Waals surface area contributed by atoms with Crippen LogP contribution in [0.15, 0.2) is 0 Å². The normalized spacial score (nSPS) is 0. The molecule has 0 spiro atoms. The molecule has 0 bridgehead atoms. The summed E-state index contributed by atoms with van der Waals surface area (Å²) < 4.78 is 0. The summed E-state index contributed by atoms with van der Waals surface area (Å²) in [5.41, 5.74) is 0. The van der Waals surface area contributed by atoms with Crippen molar-refractivity contribution in [2.45, 2.75) is 0 Å². The van der Waals surface area contributed by atoms with Crippen LogP contribution in [0.25, 0.3) is 0 Å². The standard InChI is InChI=1S/ClH.K.2H2O.Sn.3H/h1H;;2*1H2;;;;/q;+1;;;;;;-1. The van der Waals surface area contributed by atoms with Crippen LogP contribution in [-0.2, 0) is 0 Å². The second-order valence-electron chi connectivity index (χ2n) is 0. The van der Waals surface area contributed by atoms with Crippen molar-refractivity contribution < 1.29 is 63.8 Å². The molecule has 0 heterocycles. The summed E-state index contributed by atoms with van der Waals surface area (Å²) in [7, 11) is 0. The van der Waals surface area contributed by atoms with Gasteiger partial charge < -0.3 is 12.4 Å². The Labute approximate surface area is 98.0 Å². The van der Waals surface area contributed by atoms with Crippen LogP contribution in [0.2, 0.25) is 0 Å². The van der Waals surface area contributed by atoms with Gasteiger partial charge in [-0.3, -0.25) is 0 Å². The van der Waals surface area contributed by atoms with Gasteiger partial charge in [0, 0.05) is 0 Å². The maximum absolute atomic E-state index is 0. The van der Waals surface area contributed by atoms with Crippen LogP contribution in [0, 0.1) is 0 Å². The molecule has 0 rings (SSSR count). The Morgan fingerprint density at radius 3 is 1.00 bits per heavy atom. The third-order valence-corrected chi connectivity index (χ3v) is 0. The predicted octanol–water partition coefficient (Wildman–Crippen LogP) is -5.03. The van der Waals surface area contributed by atoms with Crippen molar-refractivity contribution >= 4 is 36.3 Å².